The molecule has 2 aliphatic heterocycles. The van der Waals surface area contributed by atoms with Crippen LogP contribution in [0.2, 0.25) is 0 Å². The molecule has 24 heavy (non-hydrogen) atoms. The highest BCUT2D eigenvalue weighted by Gasteiger charge is 2.42. The number of nitrogens with zero attached hydrogens (tertiary/aromatic N) is 2. The van der Waals surface area contributed by atoms with Crippen LogP contribution in [0.1, 0.15) is 18.5 Å². The van der Waals surface area contributed by atoms with Gasteiger partial charge in [0.15, 0.2) is 6.04 Å². The maximum atomic E-state index is 11.7. The summed E-state index contributed by atoms with van der Waals surface area (Å²) in [5.74, 6) is 0.281. The highest BCUT2D eigenvalue weighted by molar-refractivity contribution is 9.12. The predicted molar refractivity (Wildman–Crippen MR) is 99.6 cm³/mol. The molecule has 5 nitrogen and oxygen atoms in total. The number of carbonyl (C=O) groups is 1. The zero-order valence-corrected chi connectivity index (χ0v) is 16.3. The Bertz CT molecular complexity index is 756. The molecule has 0 spiro atoms. The molecule has 0 amide bonds. The Balaban J connectivity index is 2.10. The van der Waals surface area contributed by atoms with Crippen molar-refractivity contribution < 1.29 is 14.6 Å². The summed E-state index contributed by atoms with van der Waals surface area (Å²) in [6, 6.07) is 6.77. The number of rotatable bonds is 3. The fourth-order valence-electron chi connectivity index (χ4n) is 3.10. The third kappa shape index (κ3) is 3.02. The number of hydrogen-bond donors (Lipinski definition) is 1. The predicted octanol–water partition coefficient (Wildman–Crippen LogP) is 4.07. The van der Waals surface area contributed by atoms with Gasteiger partial charge in [-0.15, -0.1) is 0 Å². The van der Waals surface area contributed by atoms with Crippen molar-refractivity contribution in [2.75, 3.05) is 7.11 Å². The van der Waals surface area contributed by atoms with Crippen LogP contribution in [0.3, 0.4) is 0 Å². The molecule has 2 aliphatic rings. The number of halogens is 2. The average Bonchev–Trinajstić information content (AvgIpc) is 2.54. The summed E-state index contributed by atoms with van der Waals surface area (Å²) in [5, 5.41) is 9.58. The van der Waals surface area contributed by atoms with E-state index in [4.69, 9.17) is 4.74 Å². The van der Waals surface area contributed by atoms with E-state index in [1.807, 2.05) is 48.4 Å². The number of fused-ring (bicyclic) bond motifs is 1. The summed E-state index contributed by atoms with van der Waals surface area (Å²) in [7, 11) is 1.62. The highest BCUT2D eigenvalue weighted by atomic mass is 79.9. The standard InChI is InChI=1S/C17H16Br2N2O3/c1-9-14(17(22)23)20-16-13(19)7-11(18)8-21(16)15(9)10-3-5-12(24-2)6-4-10/h3-9,14-15H,1-2H3,(H,22,23). The quantitative estimate of drug-likeness (QED) is 0.746. The van der Waals surface area contributed by atoms with Crippen molar-refractivity contribution in [2.45, 2.75) is 19.0 Å². The van der Waals surface area contributed by atoms with E-state index in [-0.39, 0.29) is 12.0 Å². The molecule has 3 rings (SSSR count). The Morgan fingerprint density at radius 2 is 1.96 bits per heavy atom. The van der Waals surface area contributed by atoms with E-state index in [0.29, 0.717) is 5.84 Å². The molecule has 0 aromatic heterocycles. The van der Waals surface area contributed by atoms with Gasteiger partial charge in [0, 0.05) is 16.6 Å². The lowest BCUT2D eigenvalue weighted by atomic mass is 9.85. The van der Waals surface area contributed by atoms with Gasteiger partial charge in [-0.2, -0.15) is 0 Å². The number of hydrogen-bond acceptors (Lipinski definition) is 4. The van der Waals surface area contributed by atoms with Crippen molar-refractivity contribution in [1.29, 1.82) is 0 Å². The van der Waals surface area contributed by atoms with E-state index in [1.54, 1.807) is 7.11 Å². The van der Waals surface area contributed by atoms with Gasteiger partial charge in [-0.3, -0.25) is 4.99 Å². The van der Waals surface area contributed by atoms with Gasteiger partial charge in [0.1, 0.15) is 11.6 Å². The van der Waals surface area contributed by atoms with Crippen molar-refractivity contribution in [1.82, 2.24) is 4.90 Å². The lowest BCUT2D eigenvalue weighted by Gasteiger charge is -2.42. The van der Waals surface area contributed by atoms with Gasteiger partial charge in [0.05, 0.1) is 17.6 Å². The molecule has 1 N–H and O–H groups in total. The number of aliphatic imine (C=N–C) groups is 1. The molecule has 1 aromatic rings. The molecular weight excluding hydrogens is 440 g/mol. The van der Waals surface area contributed by atoms with E-state index >= 15 is 0 Å². The van der Waals surface area contributed by atoms with Crippen molar-refractivity contribution in [2.24, 2.45) is 10.9 Å². The highest BCUT2D eigenvalue weighted by Crippen LogP contribution is 2.41. The Labute approximate surface area is 157 Å². The van der Waals surface area contributed by atoms with Crippen molar-refractivity contribution in [3.8, 4) is 5.75 Å². The number of allylic oxidation sites excluding steroid dienone is 2. The minimum Gasteiger partial charge on any atom is -0.497 e. The number of amidine groups is 1. The second-order valence-electron chi connectivity index (χ2n) is 5.73. The number of carboxylic acid groups (broad SMARTS) is 1. The van der Waals surface area contributed by atoms with Crippen LogP contribution < -0.4 is 4.74 Å². The Morgan fingerprint density at radius 3 is 2.54 bits per heavy atom. The molecule has 3 unspecified atom stereocenters. The normalized spacial score (nSPS) is 26.1. The van der Waals surface area contributed by atoms with Crippen LogP contribution in [-0.4, -0.2) is 35.0 Å². The minimum absolute atomic E-state index is 0.140. The van der Waals surface area contributed by atoms with Crippen molar-refractivity contribution in [3.63, 3.8) is 0 Å². The first-order chi connectivity index (χ1) is 11.4. The number of aliphatic carboxylic acids is 1. The summed E-state index contributed by atoms with van der Waals surface area (Å²) in [4.78, 5) is 18.1. The van der Waals surface area contributed by atoms with E-state index < -0.39 is 12.0 Å². The van der Waals surface area contributed by atoms with Crippen molar-refractivity contribution >= 4 is 43.7 Å². The van der Waals surface area contributed by atoms with E-state index in [9.17, 15) is 9.90 Å². The van der Waals surface area contributed by atoms with Gasteiger partial charge in [-0.25, -0.2) is 4.79 Å². The molecule has 126 valence electrons. The maximum absolute atomic E-state index is 11.7. The van der Waals surface area contributed by atoms with Crippen LogP contribution in [0.4, 0.5) is 0 Å². The third-order valence-corrected chi connectivity index (χ3v) is 5.27. The van der Waals surface area contributed by atoms with Crippen LogP contribution in [0.25, 0.3) is 0 Å². The number of carboxylic acids is 1. The fraction of sp³-hybridized carbons (Fsp3) is 0.294. The molecule has 0 aliphatic carbocycles. The molecule has 0 radical (unpaired) electrons. The lowest BCUT2D eigenvalue weighted by molar-refractivity contribution is -0.140. The summed E-state index contributed by atoms with van der Waals surface area (Å²) in [5.41, 5.74) is 1.01. The average molecular weight is 456 g/mol. The molecule has 0 bridgehead atoms. The summed E-state index contributed by atoms with van der Waals surface area (Å²) in [6.45, 7) is 1.92. The Kier molecular flexibility index (Phi) is 4.83. The number of ether oxygens (including phenoxy) is 1. The third-order valence-electron chi connectivity index (χ3n) is 4.25. The zero-order chi connectivity index (χ0) is 17.4. The number of benzene rings is 1. The van der Waals surface area contributed by atoms with E-state index in [1.165, 1.54) is 0 Å². The van der Waals surface area contributed by atoms with E-state index in [2.05, 4.69) is 36.9 Å². The smallest absolute Gasteiger partial charge is 0.328 e. The summed E-state index contributed by atoms with van der Waals surface area (Å²) >= 11 is 6.99. The van der Waals surface area contributed by atoms with Gasteiger partial charge >= 0.3 is 5.97 Å². The SMILES string of the molecule is COc1ccc(C2C(C)C(C(=O)O)N=C3C(Br)=CC(Br)=CN32)cc1. The fourth-order valence-corrected chi connectivity index (χ4v) is 4.41. The lowest BCUT2D eigenvalue weighted by Crippen LogP contribution is -2.46. The van der Waals surface area contributed by atoms with Crippen LogP contribution >= 0.6 is 31.9 Å². The molecular formula is C17H16Br2N2O3. The minimum atomic E-state index is -0.915. The first-order valence-corrected chi connectivity index (χ1v) is 8.98. The summed E-state index contributed by atoms with van der Waals surface area (Å²) < 4.78 is 6.87. The van der Waals surface area contributed by atoms with Gasteiger partial charge in [0.2, 0.25) is 0 Å². The topological polar surface area (TPSA) is 62.1 Å². The second-order valence-corrected chi connectivity index (χ2v) is 7.50. The molecule has 0 fully saturated rings. The Hall–Kier alpha value is -1.60. The first kappa shape index (κ1) is 17.2. The van der Waals surface area contributed by atoms with Crippen LogP contribution in [0, 0.1) is 5.92 Å². The van der Waals surface area contributed by atoms with Gasteiger partial charge in [0.25, 0.3) is 0 Å². The van der Waals surface area contributed by atoms with Gasteiger partial charge < -0.3 is 14.7 Å². The Morgan fingerprint density at radius 1 is 1.29 bits per heavy atom. The molecule has 0 saturated heterocycles. The van der Waals surface area contributed by atoms with E-state index in [0.717, 1.165) is 20.3 Å². The molecule has 2 heterocycles. The van der Waals surface area contributed by atoms with Crippen LogP contribution in [0.5, 0.6) is 5.75 Å². The van der Waals surface area contributed by atoms with Crippen LogP contribution in [0.15, 0.2) is 50.5 Å². The monoisotopic (exact) mass is 454 g/mol. The maximum Gasteiger partial charge on any atom is 0.328 e. The summed E-state index contributed by atoms with van der Waals surface area (Å²) in [6.07, 6.45) is 3.81. The molecule has 7 heteroatoms. The largest absolute Gasteiger partial charge is 0.497 e. The first-order valence-electron chi connectivity index (χ1n) is 7.40. The number of methoxy groups -OCH3 is 1. The molecule has 0 saturated carbocycles. The zero-order valence-electron chi connectivity index (χ0n) is 13.1. The molecule has 3 atom stereocenters. The van der Waals surface area contributed by atoms with Gasteiger partial charge in [-0.05, 0) is 55.6 Å². The second kappa shape index (κ2) is 6.72. The van der Waals surface area contributed by atoms with Crippen LogP contribution in [-0.2, 0) is 4.79 Å². The molecule has 1 aromatic carbocycles. The van der Waals surface area contributed by atoms with Gasteiger partial charge in [-0.1, -0.05) is 19.1 Å². The van der Waals surface area contributed by atoms with Crippen molar-refractivity contribution in [3.05, 3.63) is 51.1 Å².